The third-order valence-corrected chi connectivity index (χ3v) is 5.72. The van der Waals surface area contributed by atoms with Gasteiger partial charge in [-0.2, -0.15) is 5.26 Å². The summed E-state index contributed by atoms with van der Waals surface area (Å²) in [5.41, 5.74) is -1.01. The Morgan fingerprint density at radius 1 is 1.00 bits per heavy atom. The number of phosphoric ester groups is 1. The number of hydrogen-bond donors (Lipinski definition) is 3. The average Bonchev–Trinajstić information content (AvgIpc) is 2.78. The predicted octanol–water partition coefficient (Wildman–Crippen LogP) is 2.07. The molecule has 0 rings (SSSR count). The number of ether oxygens (including phenoxy) is 1. The summed E-state index contributed by atoms with van der Waals surface area (Å²) in [4.78, 5) is 22.8. The molecule has 0 heterocycles. The van der Waals surface area contributed by atoms with Crippen molar-refractivity contribution in [3.8, 4) is 6.07 Å². The molecule has 3 N–H and O–H groups in total. The summed E-state index contributed by atoms with van der Waals surface area (Å²) in [6.07, 6.45) is 2.84. The Morgan fingerprint density at radius 3 is 2.22 bits per heavy atom. The van der Waals surface area contributed by atoms with Crippen molar-refractivity contribution in [1.29, 1.82) is 5.26 Å². The van der Waals surface area contributed by atoms with Gasteiger partial charge in [0.05, 0.1) is 58.6 Å². The van der Waals surface area contributed by atoms with Gasteiger partial charge in [0.1, 0.15) is 0 Å². The summed E-state index contributed by atoms with van der Waals surface area (Å²) < 4.78 is 33.4. The van der Waals surface area contributed by atoms with Crippen LogP contribution in [-0.2, 0) is 32.5 Å². The number of phosphoric acid groups is 1. The number of carbonyl (C=O) groups is 2. The highest BCUT2D eigenvalue weighted by molar-refractivity contribution is 7.48. The van der Waals surface area contributed by atoms with Gasteiger partial charge in [-0.25, -0.2) is 4.57 Å². The van der Waals surface area contributed by atoms with Crippen LogP contribution in [0.5, 0.6) is 0 Å². The molecule has 0 saturated carbocycles. The first-order chi connectivity index (χ1) is 15.2. The van der Waals surface area contributed by atoms with Crippen LogP contribution in [-0.4, -0.2) is 68.3 Å². The number of hydrogen-bond acceptors (Lipinski definition) is 10. The standard InChI is InChI=1S/C20H37N2O9P/c1-3-22-18(25)9-10-19(26)28-12-6-4-5-7-13-29-32(27,30-14-8-11-21)31-17-20(2,15-23)16-24/h23-24H,3-10,12-17H2,1-2H3,(H,22,25). The molecule has 0 radical (unpaired) electrons. The van der Waals surface area contributed by atoms with Crippen LogP contribution < -0.4 is 5.32 Å². The number of rotatable bonds is 20. The van der Waals surface area contributed by atoms with Gasteiger partial charge < -0.3 is 20.3 Å². The summed E-state index contributed by atoms with van der Waals surface area (Å²) in [6.45, 7) is 3.11. The molecule has 0 aromatic heterocycles. The van der Waals surface area contributed by atoms with E-state index >= 15 is 0 Å². The van der Waals surface area contributed by atoms with Crippen molar-refractivity contribution in [2.45, 2.75) is 58.8 Å². The van der Waals surface area contributed by atoms with Crippen molar-refractivity contribution in [3.05, 3.63) is 0 Å². The number of aliphatic hydroxyl groups is 2. The van der Waals surface area contributed by atoms with Crippen LogP contribution in [0.2, 0.25) is 0 Å². The van der Waals surface area contributed by atoms with E-state index in [1.165, 1.54) is 0 Å². The van der Waals surface area contributed by atoms with E-state index in [0.717, 1.165) is 12.8 Å². The van der Waals surface area contributed by atoms with Gasteiger partial charge in [-0.05, 0) is 26.2 Å². The van der Waals surface area contributed by atoms with Gasteiger partial charge in [-0.1, -0.05) is 13.3 Å². The quantitative estimate of drug-likeness (QED) is 0.133. The Labute approximate surface area is 190 Å². The van der Waals surface area contributed by atoms with Gasteiger partial charge in [-0.15, -0.1) is 0 Å². The number of nitriles is 1. The van der Waals surface area contributed by atoms with Crippen LogP contribution in [0, 0.1) is 16.7 Å². The predicted molar refractivity (Wildman–Crippen MR) is 115 cm³/mol. The molecule has 0 aliphatic heterocycles. The SMILES string of the molecule is CCNC(=O)CCC(=O)OCCCCCCOP(=O)(OCCC#N)OCC(C)(CO)CO. The smallest absolute Gasteiger partial charge is 0.466 e. The fraction of sp³-hybridized carbons (Fsp3) is 0.850. The molecule has 1 unspecified atom stereocenters. The lowest BCUT2D eigenvalue weighted by atomic mass is 9.95. The zero-order chi connectivity index (χ0) is 24.3. The number of amides is 1. The molecular weight excluding hydrogens is 443 g/mol. The largest absolute Gasteiger partial charge is 0.474 e. The van der Waals surface area contributed by atoms with Crippen LogP contribution in [0.25, 0.3) is 0 Å². The van der Waals surface area contributed by atoms with E-state index in [9.17, 15) is 24.4 Å². The van der Waals surface area contributed by atoms with E-state index in [0.29, 0.717) is 19.4 Å². The maximum atomic E-state index is 12.7. The molecule has 0 aromatic rings. The monoisotopic (exact) mass is 480 g/mol. The van der Waals surface area contributed by atoms with Crippen LogP contribution in [0.4, 0.5) is 0 Å². The molecule has 12 heteroatoms. The lowest BCUT2D eigenvalue weighted by Gasteiger charge is -2.26. The second-order valence-electron chi connectivity index (χ2n) is 7.51. The number of unbranched alkanes of at least 4 members (excludes halogenated alkanes) is 3. The van der Waals surface area contributed by atoms with Crippen LogP contribution in [0.3, 0.4) is 0 Å². The van der Waals surface area contributed by atoms with E-state index in [2.05, 4.69) is 5.32 Å². The van der Waals surface area contributed by atoms with Crippen LogP contribution in [0.15, 0.2) is 0 Å². The van der Waals surface area contributed by atoms with E-state index in [-0.39, 0.29) is 64.8 Å². The van der Waals surface area contributed by atoms with Crippen molar-refractivity contribution in [2.75, 3.05) is 46.2 Å². The van der Waals surface area contributed by atoms with E-state index in [1.807, 2.05) is 6.07 Å². The Morgan fingerprint density at radius 2 is 1.62 bits per heavy atom. The molecule has 11 nitrogen and oxygen atoms in total. The summed E-state index contributed by atoms with van der Waals surface area (Å²) in [5, 5.41) is 29.9. The van der Waals surface area contributed by atoms with Crippen molar-refractivity contribution in [1.82, 2.24) is 5.32 Å². The van der Waals surface area contributed by atoms with E-state index < -0.39 is 19.2 Å². The minimum Gasteiger partial charge on any atom is -0.466 e. The number of aliphatic hydroxyl groups excluding tert-OH is 2. The molecule has 1 atom stereocenters. The lowest BCUT2D eigenvalue weighted by molar-refractivity contribution is -0.145. The third-order valence-electron chi connectivity index (χ3n) is 4.28. The Balaban J connectivity index is 4.11. The van der Waals surface area contributed by atoms with Gasteiger partial charge in [0.15, 0.2) is 0 Å². The van der Waals surface area contributed by atoms with Gasteiger partial charge in [0.2, 0.25) is 5.91 Å². The van der Waals surface area contributed by atoms with Crippen molar-refractivity contribution >= 4 is 19.7 Å². The van der Waals surface area contributed by atoms with E-state index in [1.54, 1.807) is 13.8 Å². The molecule has 0 aliphatic rings. The van der Waals surface area contributed by atoms with Crippen LogP contribution in [0.1, 0.15) is 58.8 Å². The maximum Gasteiger partial charge on any atom is 0.474 e. The first-order valence-corrected chi connectivity index (χ1v) is 12.2. The van der Waals surface area contributed by atoms with Gasteiger partial charge in [0, 0.05) is 18.4 Å². The molecule has 0 fully saturated rings. The maximum absolute atomic E-state index is 12.7. The second kappa shape index (κ2) is 18.0. The van der Waals surface area contributed by atoms with E-state index in [4.69, 9.17) is 23.6 Å². The van der Waals surface area contributed by atoms with Crippen molar-refractivity contribution in [3.63, 3.8) is 0 Å². The average molecular weight is 480 g/mol. The molecule has 186 valence electrons. The highest BCUT2D eigenvalue weighted by Gasteiger charge is 2.32. The molecule has 0 aromatic carbocycles. The highest BCUT2D eigenvalue weighted by Crippen LogP contribution is 2.50. The Kier molecular flexibility index (Phi) is 17.1. The second-order valence-corrected chi connectivity index (χ2v) is 9.18. The lowest BCUT2D eigenvalue weighted by Crippen LogP contribution is -2.31. The summed E-state index contributed by atoms with van der Waals surface area (Å²) in [6, 6.07) is 1.86. The molecule has 0 saturated heterocycles. The molecule has 0 bridgehead atoms. The minimum absolute atomic E-state index is 0.00990. The van der Waals surface area contributed by atoms with Crippen molar-refractivity contribution in [2.24, 2.45) is 5.41 Å². The number of nitrogens with zero attached hydrogens (tertiary/aromatic N) is 1. The Hall–Kier alpha value is -1.54. The molecule has 1 amide bonds. The zero-order valence-electron chi connectivity index (χ0n) is 19.0. The molecule has 0 aliphatic carbocycles. The third kappa shape index (κ3) is 15.3. The topological polar surface area (TPSA) is 164 Å². The van der Waals surface area contributed by atoms with Crippen molar-refractivity contribution < 1.29 is 42.7 Å². The number of esters is 1. The number of nitrogens with one attached hydrogen (secondary N) is 1. The number of carbonyl (C=O) groups excluding carboxylic acids is 2. The first kappa shape index (κ1) is 30.5. The molecule has 0 spiro atoms. The summed E-state index contributed by atoms with van der Waals surface area (Å²) in [7, 11) is -3.94. The summed E-state index contributed by atoms with van der Waals surface area (Å²) in [5.74, 6) is -0.593. The van der Waals surface area contributed by atoms with Gasteiger partial charge in [-0.3, -0.25) is 23.2 Å². The van der Waals surface area contributed by atoms with Gasteiger partial charge >= 0.3 is 13.8 Å². The zero-order valence-corrected chi connectivity index (χ0v) is 19.9. The van der Waals surface area contributed by atoms with Crippen LogP contribution >= 0.6 is 7.82 Å². The minimum atomic E-state index is -3.94. The van der Waals surface area contributed by atoms with Gasteiger partial charge in [0.25, 0.3) is 0 Å². The Bertz CT molecular complexity index is 621. The normalized spacial score (nSPS) is 13.2. The fourth-order valence-electron chi connectivity index (χ4n) is 2.18. The molecule has 32 heavy (non-hydrogen) atoms. The fourth-order valence-corrected chi connectivity index (χ4v) is 3.55. The molecular formula is C20H37N2O9P. The first-order valence-electron chi connectivity index (χ1n) is 10.8. The summed E-state index contributed by atoms with van der Waals surface area (Å²) >= 11 is 0. The highest BCUT2D eigenvalue weighted by atomic mass is 31.2.